The van der Waals surface area contributed by atoms with Crippen LogP contribution in [0.4, 0.5) is 0 Å². The third-order valence-corrected chi connectivity index (χ3v) is 5.96. The maximum atomic E-state index is 12.9. The van der Waals surface area contributed by atoms with E-state index in [0.717, 1.165) is 12.8 Å². The number of oxime groups is 1. The summed E-state index contributed by atoms with van der Waals surface area (Å²) in [5.41, 5.74) is 6.10. The van der Waals surface area contributed by atoms with Gasteiger partial charge in [0.2, 0.25) is 0 Å². The molecule has 0 saturated heterocycles. The van der Waals surface area contributed by atoms with Crippen molar-refractivity contribution in [3.63, 3.8) is 0 Å². The Kier molecular flexibility index (Phi) is 11.2. The first-order chi connectivity index (χ1) is 16.6. The monoisotopic (exact) mass is 488 g/mol. The molecule has 1 aromatic carbocycles. The first kappa shape index (κ1) is 28.3. The van der Waals surface area contributed by atoms with E-state index in [0.29, 0.717) is 23.5 Å². The van der Waals surface area contributed by atoms with Crippen molar-refractivity contribution in [2.75, 3.05) is 6.61 Å². The summed E-state index contributed by atoms with van der Waals surface area (Å²) >= 11 is 0. The summed E-state index contributed by atoms with van der Waals surface area (Å²) in [5.74, 6) is -1.59. The first-order valence-corrected chi connectivity index (χ1v) is 12.6. The van der Waals surface area contributed by atoms with Crippen molar-refractivity contribution in [2.24, 2.45) is 22.7 Å². The predicted octanol–water partition coefficient (Wildman–Crippen LogP) is 5.13. The zero-order chi connectivity index (χ0) is 25.8. The fourth-order valence-corrected chi connectivity index (χ4v) is 4.26. The van der Waals surface area contributed by atoms with Gasteiger partial charge in [-0.3, -0.25) is 4.79 Å². The standard InChI is InChI=1S/C27H40N2O6/c1-5-33-25(31)21-16-10-14-20(17-21)24(28)29-35-26(32)22(18-23(30)34-27(2,3)4)15-9-13-19-11-7-6-8-12-19/h10,14,16-17,19,22H,5-9,11-13,15,18H2,1-4H3,(H2,28,29)/t22-/m0/s1. The molecule has 194 valence electrons. The van der Waals surface area contributed by atoms with Crippen LogP contribution in [0.3, 0.4) is 0 Å². The molecular formula is C27H40N2O6. The number of nitrogens with two attached hydrogens (primary N) is 1. The maximum absolute atomic E-state index is 12.9. The molecule has 8 nitrogen and oxygen atoms in total. The van der Waals surface area contributed by atoms with Crippen LogP contribution in [0.15, 0.2) is 29.4 Å². The van der Waals surface area contributed by atoms with Crippen LogP contribution in [-0.2, 0) is 23.9 Å². The quantitative estimate of drug-likeness (QED) is 0.151. The molecule has 0 aliphatic heterocycles. The Morgan fingerprint density at radius 1 is 1.11 bits per heavy atom. The number of amidine groups is 1. The lowest BCUT2D eigenvalue weighted by atomic mass is 9.84. The van der Waals surface area contributed by atoms with Gasteiger partial charge in [0.05, 0.1) is 24.5 Å². The highest BCUT2D eigenvalue weighted by atomic mass is 16.7. The summed E-state index contributed by atoms with van der Waals surface area (Å²) in [4.78, 5) is 42.4. The van der Waals surface area contributed by atoms with E-state index < -0.39 is 29.4 Å². The third kappa shape index (κ3) is 10.5. The number of esters is 2. The number of carbonyl (C=O) groups is 3. The van der Waals surface area contributed by atoms with Gasteiger partial charge in [0.15, 0.2) is 5.84 Å². The summed E-state index contributed by atoms with van der Waals surface area (Å²) in [5, 5.41) is 3.78. The Labute approximate surface area is 208 Å². The normalized spacial score (nSPS) is 15.8. The van der Waals surface area contributed by atoms with Gasteiger partial charge < -0.3 is 20.0 Å². The lowest BCUT2D eigenvalue weighted by molar-refractivity contribution is -0.161. The summed E-state index contributed by atoms with van der Waals surface area (Å²) in [6, 6.07) is 6.41. The van der Waals surface area contributed by atoms with Crippen LogP contribution in [0.5, 0.6) is 0 Å². The van der Waals surface area contributed by atoms with E-state index in [4.69, 9.17) is 20.0 Å². The average Bonchev–Trinajstić information content (AvgIpc) is 2.81. The zero-order valence-corrected chi connectivity index (χ0v) is 21.5. The van der Waals surface area contributed by atoms with Crippen LogP contribution in [0, 0.1) is 11.8 Å². The molecule has 0 radical (unpaired) electrons. The number of rotatable bonds is 11. The Balaban J connectivity index is 2.03. The lowest BCUT2D eigenvalue weighted by Gasteiger charge is -2.23. The van der Waals surface area contributed by atoms with Gasteiger partial charge in [-0.05, 0) is 52.2 Å². The molecule has 35 heavy (non-hydrogen) atoms. The summed E-state index contributed by atoms with van der Waals surface area (Å²) in [7, 11) is 0. The molecule has 1 atom stereocenters. The van der Waals surface area contributed by atoms with E-state index in [-0.39, 0.29) is 18.9 Å². The van der Waals surface area contributed by atoms with Gasteiger partial charge in [-0.1, -0.05) is 62.2 Å². The van der Waals surface area contributed by atoms with Gasteiger partial charge in [-0.15, -0.1) is 0 Å². The summed E-state index contributed by atoms with van der Waals surface area (Å²) in [6.45, 7) is 7.34. The van der Waals surface area contributed by atoms with Crippen molar-refractivity contribution >= 4 is 23.7 Å². The molecule has 0 amide bonds. The van der Waals surface area contributed by atoms with Crippen molar-refractivity contribution in [1.29, 1.82) is 0 Å². The second-order valence-electron chi connectivity index (χ2n) is 10.1. The number of benzene rings is 1. The van der Waals surface area contributed by atoms with Gasteiger partial charge in [-0.2, -0.15) is 0 Å². The SMILES string of the molecule is CCOC(=O)c1cccc(/C(N)=N/OC(=O)[C@@H](CCCC2CCCCC2)CC(=O)OC(C)(C)C)c1. The van der Waals surface area contributed by atoms with Crippen molar-refractivity contribution in [1.82, 2.24) is 0 Å². The average molecular weight is 489 g/mol. The van der Waals surface area contributed by atoms with E-state index in [1.54, 1.807) is 45.9 Å². The van der Waals surface area contributed by atoms with Gasteiger partial charge in [0, 0.05) is 5.56 Å². The van der Waals surface area contributed by atoms with Crippen LogP contribution in [0.25, 0.3) is 0 Å². The first-order valence-electron chi connectivity index (χ1n) is 12.6. The Hall–Kier alpha value is -2.90. The molecule has 1 aromatic rings. The molecule has 0 heterocycles. The zero-order valence-electron chi connectivity index (χ0n) is 21.5. The topological polar surface area (TPSA) is 117 Å². The fourth-order valence-electron chi connectivity index (χ4n) is 4.26. The molecule has 0 bridgehead atoms. The number of carbonyl (C=O) groups excluding carboxylic acids is 3. The van der Waals surface area contributed by atoms with Gasteiger partial charge >= 0.3 is 17.9 Å². The maximum Gasteiger partial charge on any atom is 0.338 e. The molecule has 0 unspecified atom stereocenters. The highest BCUT2D eigenvalue weighted by molar-refractivity contribution is 6.00. The Morgan fingerprint density at radius 2 is 1.80 bits per heavy atom. The molecule has 1 fully saturated rings. The lowest BCUT2D eigenvalue weighted by Crippen LogP contribution is -2.28. The summed E-state index contributed by atoms with van der Waals surface area (Å²) in [6.07, 6.45) is 8.58. The van der Waals surface area contributed by atoms with Crippen LogP contribution >= 0.6 is 0 Å². The molecule has 0 spiro atoms. The molecular weight excluding hydrogens is 448 g/mol. The molecule has 1 saturated carbocycles. The van der Waals surface area contributed by atoms with Crippen molar-refractivity contribution in [3.05, 3.63) is 35.4 Å². The van der Waals surface area contributed by atoms with Crippen molar-refractivity contribution in [3.8, 4) is 0 Å². The number of hydrogen-bond acceptors (Lipinski definition) is 7. The van der Waals surface area contributed by atoms with Crippen molar-refractivity contribution < 1.29 is 28.7 Å². The van der Waals surface area contributed by atoms with E-state index in [1.807, 2.05) is 0 Å². The highest BCUT2D eigenvalue weighted by Gasteiger charge is 2.27. The second-order valence-corrected chi connectivity index (χ2v) is 10.1. The second kappa shape index (κ2) is 13.9. The van der Waals surface area contributed by atoms with E-state index in [9.17, 15) is 14.4 Å². The molecule has 8 heteroatoms. The van der Waals surface area contributed by atoms with Crippen LogP contribution in [-0.4, -0.2) is 36.0 Å². The van der Waals surface area contributed by atoms with E-state index >= 15 is 0 Å². The minimum Gasteiger partial charge on any atom is -0.462 e. The smallest absolute Gasteiger partial charge is 0.338 e. The molecule has 1 aliphatic rings. The number of ether oxygens (including phenoxy) is 2. The van der Waals surface area contributed by atoms with Crippen LogP contribution in [0.2, 0.25) is 0 Å². The van der Waals surface area contributed by atoms with Gasteiger partial charge in [0.25, 0.3) is 0 Å². The largest absolute Gasteiger partial charge is 0.462 e. The minimum atomic E-state index is -0.671. The number of nitrogens with zero attached hydrogens (tertiary/aromatic N) is 1. The third-order valence-electron chi connectivity index (χ3n) is 5.96. The van der Waals surface area contributed by atoms with E-state index in [2.05, 4.69) is 5.16 Å². The summed E-state index contributed by atoms with van der Waals surface area (Å²) < 4.78 is 10.4. The van der Waals surface area contributed by atoms with Crippen LogP contribution in [0.1, 0.15) is 101 Å². The van der Waals surface area contributed by atoms with Gasteiger partial charge in [0.1, 0.15) is 5.60 Å². The fraction of sp³-hybridized carbons (Fsp3) is 0.630. The van der Waals surface area contributed by atoms with Crippen LogP contribution < -0.4 is 5.73 Å². The Bertz CT molecular complexity index is 884. The van der Waals surface area contributed by atoms with Gasteiger partial charge in [-0.25, -0.2) is 9.59 Å². The highest BCUT2D eigenvalue weighted by Crippen LogP contribution is 2.29. The van der Waals surface area contributed by atoms with Crippen molar-refractivity contribution in [2.45, 2.75) is 91.1 Å². The molecule has 2 rings (SSSR count). The molecule has 1 aliphatic carbocycles. The minimum absolute atomic E-state index is 0.0530. The van der Waals surface area contributed by atoms with E-state index in [1.165, 1.54) is 38.2 Å². The Morgan fingerprint density at radius 3 is 2.46 bits per heavy atom. The molecule has 2 N–H and O–H groups in total. The predicted molar refractivity (Wildman–Crippen MR) is 134 cm³/mol. The molecule has 0 aromatic heterocycles. The number of hydrogen-bond donors (Lipinski definition) is 1.